The summed E-state index contributed by atoms with van der Waals surface area (Å²) in [5.74, 6) is -0.752. The van der Waals surface area contributed by atoms with Crippen molar-refractivity contribution in [3.63, 3.8) is 0 Å². The molecule has 1 aliphatic carbocycles. The van der Waals surface area contributed by atoms with Gasteiger partial charge in [0, 0.05) is 24.4 Å². The highest BCUT2D eigenvalue weighted by atomic mass is 16.4. The van der Waals surface area contributed by atoms with Crippen LogP contribution in [0.3, 0.4) is 0 Å². The molecule has 22 heavy (non-hydrogen) atoms. The number of carbonyl (C=O) groups excluding carboxylic acids is 2. The molecule has 0 atom stereocenters. The fourth-order valence-electron chi connectivity index (χ4n) is 2.86. The second-order valence-corrected chi connectivity index (χ2v) is 5.70. The minimum absolute atomic E-state index is 0.0745. The molecule has 0 unspecified atom stereocenters. The highest BCUT2D eigenvalue weighted by molar-refractivity contribution is 6.00. The van der Waals surface area contributed by atoms with Gasteiger partial charge in [-0.15, -0.1) is 0 Å². The van der Waals surface area contributed by atoms with Crippen molar-refractivity contribution in [2.45, 2.75) is 44.6 Å². The molecule has 0 radical (unpaired) electrons. The molecule has 1 aromatic carbocycles. The van der Waals surface area contributed by atoms with Crippen LogP contribution in [0.1, 0.15) is 48.9 Å². The van der Waals surface area contributed by atoms with Crippen LogP contribution in [0.2, 0.25) is 0 Å². The molecule has 2 N–H and O–H groups in total. The number of rotatable bonds is 5. The Bertz CT molecular complexity index is 753. The topological polar surface area (TPSA) is 92.2 Å². The van der Waals surface area contributed by atoms with E-state index in [0.717, 1.165) is 25.7 Å². The summed E-state index contributed by atoms with van der Waals surface area (Å²) in [6.45, 7) is 0. The largest absolute Gasteiger partial charge is 0.417 e. The Balaban J connectivity index is 1.58. The highest BCUT2D eigenvalue weighted by Crippen LogP contribution is 2.18. The Kier molecular flexibility index (Phi) is 4.09. The third kappa shape index (κ3) is 3.27. The first kappa shape index (κ1) is 14.6. The Hall–Kier alpha value is -2.37. The Morgan fingerprint density at radius 2 is 2.00 bits per heavy atom. The van der Waals surface area contributed by atoms with Crippen molar-refractivity contribution < 1.29 is 14.0 Å². The number of amides is 1. The van der Waals surface area contributed by atoms with E-state index in [9.17, 15) is 14.4 Å². The molecule has 6 heteroatoms. The molecule has 116 valence electrons. The predicted octanol–water partition coefficient (Wildman–Crippen LogP) is 2.14. The molecule has 6 nitrogen and oxygen atoms in total. The lowest BCUT2D eigenvalue weighted by Gasteiger charge is -2.11. The number of benzene rings is 1. The number of fused-ring (bicyclic) bond motifs is 1. The molecular formula is C16H18N2O4. The van der Waals surface area contributed by atoms with Crippen LogP contribution in [-0.2, 0) is 4.79 Å². The third-order valence-electron chi connectivity index (χ3n) is 4.04. The maximum absolute atomic E-state index is 12.1. The van der Waals surface area contributed by atoms with Gasteiger partial charge >= 0.3 is 5.76 Å². The van der Waals surface area contributed by atoms with Crippen LogP contribution in [-0.4, -0.2) is 22.7 Å². The predicted molar refractivity (Wildman–Crippen MR) is 80.8 cm³/mol. The molecule has 0 saturated heterocycles. The molecule has 2 aromatic rings. The molecule has 3 rings (SSSR count). The number of hydrogen-bond donors (Lipinski definition) is 2. The molecular weight excluding hydrogens is 284 g/mol. The first-order chi connectivity index (χ1) is 10.6. The van der Waals surface area contributed by atoms with E-state index in [0.29, 0.717) is 16.7 Å². The number of Topliss-reactive ketones (excluding diaryl/α,β-unsaturated/α-hetero) is 1. The van der Waals surface area contributed by atoms with Crippen LogP contribution >= 0.6 is 0 Å². The minimum Gasteiger partial charge on any atom is -0.408 e. The van der Waals surface area contributed by atoms with Gasteiger partial charge in [0.05, 0.1) is 5.52 Å². The maximum Gasteiger partial charge on any atom is 0.417 e. The summed E-state index contributed by atoms with van der Waals surface area (Å²) < 4.78 is 4.93. The SMILES string of the molecule is O=C(CCC(=O)c1ccc2[nH]c(=O)oc2c1)NC1CCCC1. The van der Waals surface area contributed by atoms with Gasteiger partial charge in [0.1, 0.15) is 0 Å². The van der Waals surface area contributed by atoms with E-state index < -0.39 is 5.76 Å². The molecule has 1 fully saturated rings. The monoisotopic (exact) mass is 302 g/mol. The summed E-state index contributed by atoms with van der Waals surface area (Å²) >= 11 is 0. The lowest BCUT2D eigenvalue weighted by Crippen LogP contribution is -2.32. The molecule has 0 spiro atoms. The number of nitrogens with one attached hydrogen (secondary N) is 2. The summed E-state index contributed by atoms with van der Waals surface area (Å²) in [6.07, 6.45) is 4.71. The number of hydrogen-bond acceptors (Lipinski definition) is 4. The summed E-state index contributed by atoms with van der Waals surface area (Å²) in [5.41, 5.74) is 1.36. The van der Waals surface area contributed by atoms with Crippen LogP contribution < -0.4 is 11.1 Å². The number of H-pyrrole nitrogens is 1. The van der Waals surface area contributed by atoms with Crippen molar-refractivity contribution in [1.82, 2.24) is 10.3 Å². The van der Waals surface area contributed by atoms with Crippen LogP contribution in [0, 0.1) is 0 Å². The number of ketones is 1. The normalized spacial score (nSPS) is 15.3. The smallest absolute Gasteiger partial charge is 0.408 e. The first-order valence-electron chi connectivity index (χ1n) is 7.57. The van der Waals surface area contributed by atoms with E-state index in [1.807, 2.05) is 0 Å². The summed E-state index contributed by atoms with van der Waals surface area (Å²) in [5, 5.41) is 2.96. The van der Waals surface area contributed by atoms with Crippen molar-refractivity contribution in [2.24, 2.45) is 0 Å². The molecule has 1 saturated carbocycles. The molecule has 0 bridgehead atoms. The van der Waals surface area contributed by atoms with E-state index in [4.69, 9.17) is 4.42 Å². The van der Waals surface area contributed by atoms with Gasteiger partial charge in [-0.1, -0.05) is 12.8 Å². The van der Waals surface area contributed by atoms with E-state index >= 15 is 0 Å². The van der Waals surface area contributed by atoms with Crippen LogP contribution in [0.25, 0.3) is 11.1 Å². The zero-order valence-corrected chi connectivity index (χ0v) is 12.2. The number of oxazole rings is 1. The van der Waals surface area contributed by atoms with Gasteiger partial charge in [-0.2, -0.15) is 0 Å². The average Bonchev–Trinajstić information content (AvgIpc) is 3.12. The zero-order valence-electron chi connectivity index (χ0n) is 12.2. The van der Waals surface area contributed by atoms with Gasteiger partial charge in [-0.25, -0.2) is 4.79 Å². The van der Waals surface area contributed by atoms with E-state index in [2.05, 4.69) is 10.3 Å². The average molecular weight is 302 g/mol. The lowest BCUT2D eigenvalue weighted by atomic mass is 10.1. The summed E-state index contributed by atoms with van der Waals surface area (Å²) in [7, 11) is 0. The zero-order chi connectivity index (χ0) is 15.5. The van der Waals surface area contributed by atoms with Crippen molar-refractivity contribution >= 4 is 22.8 Å². The van der Waals surface area contributed by atoms with Gasteiger partial charge in [-0.3, -0.25) is 14.6 Å². The van der Waals surface area contributed by atoms with Crippen molar-refractivity contribution in [3.05, 3.63) is 34.3 Å². The quantitative estimate of drug-likeness (QED) is 0.828. The van der Waals surface area contributed by atoms with Crippen LogP contribution in [0.4, 0.5) is 0 Å². The highest BCUT2D eigenvalue weighted by Gasteiger charge is 2.18. The van der Waals surface area contributed by atoms with Gasteiger partial charge in [0.2, 0.25) is 5.91 Å². The number of aromatic amines is 1. The van der Waals surface area contributed by atoms with Crippen molar-refractivity contribution in [2.75, 3.05) is 0 Å². The van der Waals surface area contributed by atoms with Crippen molar-refractivity contribution in [3.8, 4) is 0 Å². The second-order valence-electron chi connectivity index (χ2n) is 5.70. The molecule has 1 aliphatic rings. The summed E-state index contributed by atoms with van der Waals surface area (Å²) in [4.78, 5) is 37.6. The fourth-order valence-corrected chi connectivity index (χ4v) is 2.86. The van der Waals surface area contributed by atoms with Gasteiger partial charge < -0.3 is 9.73 Å². The van der Waals surface area contributed by atoms with E-state index in [-0.39, 0.29) is 30.6 Å². The Labute approximate surface area is 126 Å². The first-order valence-corrected chi connectivity index (χ1v) is 7.57. The minimum atomic E-state index is -0.546. The number of carbonyl (C=O) groups is 2. The fraction of sp³-hybridized carbons (Fsp3) is 0.438. The molecule has 0 aliphatic heterocycles. The van der Waals surface area contributed by atoms with Crippen LogP contribution in [0.15, 0.2) is 27.4 Å². The van der Waals surface area contributed by atoms with Gasteiger partial charge in [-0.05, 0) is 31.0 Å². The Morgan fingerprint density at radius 3 is 2.77 bits per heavy atom. The lowest BCUT2D eigenvalue weighted by molar-refractivity contribution is -0.121. The number of aromatic nitrogens is 1. The van der Waals surface area contributed by atoms with Crippen LogP contribution in [0.5, 0.6) is 0 Å². The van der Waals surface area contributed by atoms with Gasteiger partial charge in [0.25, 0.3) is 0 Å². The standard InChI is InChI=1S/C16H18N2O4/c19-13(7-8-15(20)17-11-3-1-2-4-11)10-5-6-12-14(9-10)22-16(21)18-12/h5-6,9,11H,1-4,7-8H2,(H,17,20)(H,18,21). The molecule has 1 amide bonds. The molecule has 1 aromatic heterocycles. The second kappa shape index (κ2) is 6.17. The molecule has 1 heterocycles. The summed E-state index contributed by atoms with van der Waals surface area (Å²) in [6, 6.07) is 5.06. The van der Waals surface area contributed by atoms with E-state index in [1.165, 1.54) is 6.07 Å². The van der Waals surface area contributed by atoms with Gasteiger partial charge in [0.15, 0.2) is 11.4 Å². The Morgan fingerprint density at radius 1 is 1.23 bits per heavy atom. The maximum atomic E-state index is 12.1. The van der Waals surface area contributed by atoms with Crippen molar-refractivity contribution in [1.29, 1.82) is 0 Å². The third-order valence-corrected chi connectivity index (χ3v) is 4.04. The van der Waals surface area contributed by atoms with E-state index in [1.54, 1.807) is 12.1 Å².